The van der Waals surface area contributed by atoms with Crippen LogP contribution in [0.4, 0.5) is 0 Å². The van der Waals surface area contributed by atoms with Crippen molar-refractivity contribution >= 4 is 32.4 Å². The van der Waals surface area contributed by atoms with E-state index in [1.54, 1.807) is 6.07 Å². The van der Waals surface area contributed by atoms with Gasteiger partial charge >= 0.3 is 0 Å². The Morgan fingerprint density at radius 3 is 2.65 bits per heavy atom. The first kappa shape index (κ1) is 20.7. The van der Waals surface area contributed by atoms with Crippen LogP contribution in [0, 0.1) is 5.41 Å². The van der Waals surface area contributed by atoms with Crippen molar-refractivity contribution in [2.24, 2.45) is 5.41 Å². The number of carbonyl (C=O) groups excluding carboxylic acids is 2. The predicted octanol–water partition coefficient (Wildman–Crippen LogP) is 2.75. The fourth-order valence-electron chi connectivity index (χ4n) is 5.83. The van der Waals surface area contributed by atoms with E-state index < -0.39 is 9.84 Å². The Morgan fingerprint density at radius 2 is 1.97 bits per heavy atom. The Hall–Kier alpha value is -2.19. The van der Waals surface area contributed by atoms with Crippen molar-refractivity contribution in [2.75, 3.05) is 24.7 Å². The molecule has 1 aromatic carbocycles. The van der Waals surface area contributed by atoms with Crippen LogP contribution < -0.4 is 5.32 Å². The molecule has 1 aliphatic carbocycles. The zero-order valence-corrected chi connectivity index (χ0v) is 18.7. The van der Waals surface area contributed by atoms with Crippen LogP contribution in [-0.2, 0) is 20.0 Å². The van der Waals surface area contributed by atoms with Gasteiger partial charge in [-0.05, 0) is 54.9 Å². The lowest BCUT2D eigenvalue weighted by Gasteiger charge is -2.45. The van der Waals surface area contributed by atoms with Crippen molar-refractivity contribution < 1.29 is 22.7 Å². The number of aromatic nitrogens is 1. The van der Waals surface area contributed by atoms with Crippen molar-refractivity contribution in [3.63, 3.8) is 0 Å². The van der Waals surface area contributed by atoms with Gasteiger partial charge in [-0.3, -0.25) is 9.59 Å². The first-order valence-electron chi connectivity index (χ1n) is 10.9. The highest BCUT2D eigenvalue weighted by Gasteiger charge is 2.51. The summed E-state index contributed by atoms with van der Waals surface area (Å²) in [5, 5.41) is 3.75. The zero-order chi connectivity index (χ0) is 22.0. The minimum Gasteiger partial charge on any atom is -0.381 e. The third-order valence-electron chi connectivity index (χ3n) is 7.24. The van der Waals surface area contributed by atoms with Crippen molar-refractivity contribution in [2.45, 2.75) is 51.0 Å². The molecule has 5 rings (SSSR count). The summed E-state index contributed by atoms with van der Waals surface area (Å²) in [6, 6.07) is 5.05. The predicted molar refractivity (Wildman–Crippen MR) is 117 cm³/mol. The molecule has 3 heterocycles. The average Bonchev–Trinajstić information content (AvgIpc) is 3.26. The molecule has 2 N–H and O–H groups in total. The lowest BCUT2D eigenvalue weighted by Crippen LogP contribution is -2.46. The lowest BCUT2D eigenvalue weighted by atomic mass is 9.59. The van der Waals surface area contributed by atoms with Gasteiger partial charge in [0.2, 0.25) is 0 Å². The number of amides is 1. The summed E-state index contributed by atoms with van der Waals surface area (Å²) in [5.41, 5.74) is 2.34. The van der Waals surface area contributed by atoms with Crippen molar-refractivity contribution in [3.05, 3.63) is 35.0 Å². The minimum absolute atomic E-state index is 0.00608. The molecule has 1 spiro atoms. The van der Waals surface area contributed by atoms with Crippen molar-refractivity contribution in [1.82, 2.24) is 10.3 Å². The van der Waals surface area contributed by atoms with Gasteiger partial charge in [-0.2, -0.15) is 0 Å². The Kier molecular flexibility index (Phi) is 4.61. The summed E-state index contributed by atoms with van der Waals surface area (Å²) in [7, 11) is -3.06. The van der Waals surface area contributed by atoms with E-state index in [1.165, 1.54) is 0 Å². The fraction of sp³-hybridized carbons (Fsp3) is 0.565. The molecule has 2 aliphatic heterocycles. The summed E-state index contributed by atoms with van der Waals surface area (Å²) < 4.78 is 28.9. The van der Waals surface area contributed by atoms with Crippen molar-refractivity contribution in [3.8, 4) is 0 Å². The maximum absolute atomic E-state index is 13.5. The number of benzene rings is 1. The number of nitrogens with one attached hydrogen (secondary N) is 2. The first-order valence-corrected chi connectivity index (χ1v) is 12.7. The summed E-state index contributed by atoms with van der Waals surface area (Å²) in [6.07, 6.45) is 2.69. The van der Waals surface area contributed by atoms with Crippen LogP contribution in [0.3, 0.4) is 0 Å². The highest BCUT2D eigenvalue weighted by molar-refractivity contribution is 7.91. The fourth-order valence-corrected chi connectivity index (χ4v) is 7.50. The molecule has 2 saturated heterocycles. The Morgan fingerprint density at radius 1 is 1.23 bits per heavy atom. The molecule has 2 aromatic rings. The van der Waals surface area contributed by atoms with Crippen molar-refractivity contribution in [1.29, 1.82) is 0 Å². The monoisotopic (exact) mass is 444 g/mol. The molecule has 1 aromatic heterocycles. The van der Waals surface area contributed by atoms with Crippen LogP contribution >= 0.6 is 0 Å². The number of fused-ring (bicyclic) bond motifs is 3. The van der Waals surface area contributed by atoms with Gasteiger partial charge in [0.1, 0.15) is 0 Å². The van der Waals surface area contributed by atoms with Crippen LogP contribution in [0.25, 0.3) is 10.9 Å². The SMILES string of the molecule is CC1(C)CC2(CCOCC2)C(=O)c2[nH]c3ccc(C(=O)NC4CCS(=O)(=O)C4)cc3c21. The molecule has 1 unspecified atom stereocenters. The Bertz CT molecular complexity index is 1190. The van der Waals surface area contributed by atoms with Gasteiger partial charge < -0.3 is 15.0 Å². The number of H-pyrrole nitrogens is 1. The summed E-state index contributed by atoms with van der Waals surface area (Å²) in [4.78, 5) is 29.7. The smallest absolute Gasteiger partial charge is 0.251 e. The number of hydrogen-bond donors (Lipinski definition) is 2. The molecule has 31 heavy (non-hydrogen) atoms. The zero-order valence-electron chi connectivity index (χ0n) is 17.9. The molecule has 2 fully saturated rings. The van der Waals surface area contributed by atoms with Gasteiger partial charge in [0.25, 0.3) is 5.91 Å². The van der Waals surface area contributed by atoms with Gasteiger partial charge in [-0.1, -0.05) is 13.8 Å². The molecule has 1 amide bonds. The van der Waals surface area contributed by atoms with E-state index in [-0.39, 0.29) is 40.1 Å². The molecule has 8 heteroatoms. The van der Waals surface area contributed by atoms with E-state index in [4.69, 9.17) is 4.74 Å². The van der Waals surface area contributed by atoms with Gasteiger partial charge in [0.15, 0.2) is 15.6 Å². The summed E-state index contributed by atoms with van der Waals surface area (Å²) in [5.74, 6) is -0.0116. The second-order valence-corrected chi connectivity index (χ2v) is 12.2. The molecule has 1 atom stereocenters. The number of ether oxygens (including phenoxy) is 1. The van der Waals surface area contributed by atoms with E-state index in [9.17, 15) is 18.0 Å². The molecule has 3 aliphatic rings. The third kappa shape index (κ3) is 3.40. The number of aromatic amines is 1. The first-order chi connectivity index (χ1) is 14.6. The number of ketones is 1. The van der Waals surface area contributed by atoms with Gasteiger partial charge in [0.05, 0.1) is 17.2 Å². The highest BCUT2D eigenvalue weighted by Crippen LogP contribution is 2.52. The minimum atomic E-state index is -3.06. The molecular formula is C23H28N2O5S. The molecule has 0 radical (unpaired) electrons. The molecular weight excluding hydrogens is 416 g/mol. The van der Waals surface area contributed by atoms with E-state index >= 15 is 0 Å². The topological polar surface area (TPSA) is 105 Å². The number of Topliss-reactive ketones (excluding diaryl/α,β-unsaturated/α-hetero) is 1. The molecule has 7 nitrogen and oxygen atoms in total. The van der Waals surface area contributed by atoms with Gasteiger partial charge in [-0.15, -0.1) is 0 Å². The molecule has 166 valence electrons. The van der Waals surface area contributed by atoms with Crippen LogP contribution in [0.1, 0.15) is 65.9 Å². The molecule has 0 bridgehead atoms. The third-order valence-corrected chi connectivity index (χ3v) is 9.01. The second-order valence-electron chi connectivity index (χ2n) is 9.99. The van der Waals surface area contributed by atoms with Crippen LogP contribution in [0.5, 0.6) is 0 Å². The number of rotatable bonds is 2. The van der Waals surface area contributed by atoms with Gasteiger partial charge in [-0.25, -0.2) is 8.42 Å². The number of carbonyl (C=O) groups is 2. The number of hydrogen-bond acceptors (Lipinski definition) is 5. The Balaban J connectivity index is 1.51. The molecule has 0 saturated carbocycles. The maximum Gasteiger partial charge on any atom is 0.251 e. The number of sulfone groups is 1. The van der Waals surface area contributed by atoms with E-state index in [1.807, 2.05) is 12.1 Å². The summed E-state index contributed by atoms with van der Waals surface area (Å²) in [6.45, 7) is 5.55. The largest absolute Gasteiger partial charge is 0.381 e. The van der Waals surface area contributed by atoms with Crippen LogP contribution in [0.15, 0.2) is 18.2 Å². The van der Waals surface area contributed by atoms with Crippen LogP contribution in [0.2, 0.25) is 0 Å². The van der Waals surface area contributed by atoms with E-state index in [0.29, 0.717) is 30.9 Å². The lowest BCUT2D eigenvalue weighted by molar-refractivity contribution is 0.00286. The maximum atomic E-state index is 13.5. The quantitative estimate of drug-likeness (QED) is 0.741. The second kappa shape index (κ2) is 6.90. The Labute approximate surface area is 181 Å². The standard InChI is InChI=1S/C23H28N2O5S/c1-22(2)13-23(6-8-30-9-7-23)20(26)19-18(22)16-11-14(3-4-17(16)25-19)21(27)24-15-5-10-31(28,29)12-15/h3-4,11,15,25H,5-10,12-13H2,1-2H3,(H,24,27). The average molecular weight is 445 g/mol. The van der Waals surface area contributed by atoms with Gasteiger partial charge in [0, 0.05) is 41.1 Å². The summed E-state index contributed by atoms with van der Waals surface area (Å²) >= 11 is 0. The normalized spacial score (nSPS) is 26.1. The highest BCUT2D eigenvalue weighted by atomic mass is 32.2. The van der Waals surface area contributed by atoms with E-state index in [0.717, 1.165) is 35.7 Å². The van der Waals surface area contributed by atoms with E-state index in [2.05, 4.69) is 24.1 Å². The van der Waals surface area contributed by atoms with Crippen LogP contribution in [-0.4, -0.2) is 55.9 Å².